The van der Waals surface area contributed by atoms with Crippen LogP contribution in [0.3, 0.4) is 0 Å². The number of rotatable bonds is 1. The van der Waals surface area contributed by atoms with Gasteiger partial charge in [0.15, 0.2) is 0 Å². The lowest BCUT2D eigenvalue weighted by atomic mass is 10.1. The average Bonchev–Trinajstić information content (AvgIpc) is 2.44. The zero-order valence-corrected chi connectivity index (χ0v) is 7.91. The van der Waals surface area contributed by atoms with Crippen LogP contribution in [0.1, 0.15) is 21.9 Å². The van der Waals surface area contributed by atoms with Gasteiger partial charge in [-0.2, -0.15) is 0 Å². The van der Waals surface area contributed by atoms with Gasteiger partial charge in [-0.15, -0.1) is 0 Å². The molecule has 0 atom stereocenters. The van der Waals surface area contributed by atoms with Gasteiger partial charge in [0.1, 0.15) is 5.76 Å². The van der Waals surface area contributed by atoms with Gasteiger partial charge in [-0.25, -0.2) is 4.79 Å². The minimum atomic E-state index is -1.10. The van der Waals surface area contributed by atoms with Gasteiger partial charge in [0.25, 0.3) is 0 Å². The quantitative estimate of drug-likeness (QED) is 0.685. The Kier molecular flexibility index (Phi) is 1.96. The highest BCUT2D eigenvalue weighted by Gasteiger charge is 2.25. The first-order valence-electron chi connectivity index (χ1n) is 4.41. The second-order valence-electron chi connectivity index (χ2n) is 3.54. The Morgan fingerprint density at radius 1 is 1.64 bits per heavy atom. The largest absolute Gasteiger partial charge is 0.475 e. The molecule has 0 amide bonds. The minimum Gasteiger partial charge on any atom is -0.475 e. The van der Waals surface area contributed by atoms with Crippen molar-refractivity contribution in [2.75, 3.05) is 19.3 Å². The molecule has 0 spiro atoms. The van der Waals surface area contributed by atoms with Gasteiger partial charge in [0, 0.05) is 25.1 Å². The molecule has 5 nitrogen and oxygen atoms in total. The highest BCUT2D eigenvalue weighted by molar-refractivity contribution is 5.91. The van der Waals surface area contributed by atoms with Crippen LogP contribution in [0.15, 0.2) is 4.42 Å². The molecule has 0 aliphatic carbocycles. The van der Waals surface area contributed by atoms with Gasteiger partial charge in [-0.05, 0) is 7.05 Å². The number of furan rings is 1. The SMILES string of the molecule is CN1CCc2oc(C(=O)O)c(N)c2C1. The van der Waals surface area contributed by atoms with Crippen molar-refractivity contribution >= 4 is 11.7 Å². The van der Waals surface area contributed by atoms with Crippen molar-refractivity contribution in [3.05, 3.63) is 17.1 Å². The van der Waals surface area contributed by atoms with Gasteiger partial charge in [-0.1, -0.05) is 0 Å². The second kappa shape index (κ2) is 3.02. The molecular weight excluding hydrogens is 184 g/mol. The lowest BCUT2D eigenvalue weighted by Crippen LogP contribution is -2.26. The van der Waals surface area contributed by atoms with E-state index in [1.165, 1.54) is 0 Å². The van der Waals surface area contributed by atoms with E-state index in [4.69, 9.17) is 15.3 Å². The van der Waals surface area contributed by atoms with Crippen LogP contribution in [0.5, 0.6) is 0 Å². The fraction of sp³-hybridized carbons (Fsp3) is 0.444. The van der Waals surface area contributed by atoms with Crippen molar-refractivity contribution < 1.29 is 14.3 Å². The highest BCUT2D eigenvalue weighted by Crippen LogP contribution is 2.29. The minimum absolute atomic E-state index is 0.120. The van der Waals surface area contributed by atoms with Crippen LogP contribution < -0.4 is 5.73 Å². The van der Waals surface area contributed by atoms with Crippen molar-refractivity contribution in [3.63, 3.8) is 0 Å². The molecule has 0 fully saturated rings. The zero-order chi connectivity index (χ0) is 10.3. The zero-order valence-electron chi connectivity index (χ0n) is 7.91. The summed E-state index contributed by atoms with van der Waals surface area (Å²) in [7, 11) is 1.97. The van der Waals surface area contributed by atoms with E-state index in [9.17, 15) is 4.79 Å². The molecule has 76 valence electrons. The first-order valence-corrected chi connectivity index (χ1v) is 4.41. The van der Waals surface area contributed by atoms with Crippen LogP contribution in [0, 0.1) is 0 Å². The molecule has 0 saturated carbocycles. The summed E-state index contributed by atoms with van der Waals surface area (Å²) in [5.41, 5.74) is 6.79. The van der Waals surface area contributed by atoms with Crippen molar-refractivity contribution in [2.45, 2.75) is 13.0 Å². The van der Waals surface area contributed by atoms with Crippen LogP contribution in [0.2, 0.25) is 0 Å². The molecule has 1 aliphatic heterocycles. The number of likely N-dealkylation sites (N-methyl/N-ethyl adjacent to an activating group) is 1. The molecule has 2 rings (SSSR count). The summed E-state index contributed by atoms with van der Waals surface area (Å²) >= 11 is 0. The maximum absolute atomic E-state index is 10.7. The number of carbonyl (C=O) groups is 1. The summed E-state index contributed by atoms with van der Waals surface area (Å²) < 4.78 is 5.20. The predicted octanol–water partition coefficient (Wildman–Crippen LogP) is 0.548. The molecule has 3 N–H and O–H groups in total. The molecule has 14 heavy (non-hydrogen) atoms. The topological polar surface area (TPSA) is 79.7 Å². The Labute approximate surface area is 81.1 Å². The molecule has 1 aliphatic rings. The Balaban J connectivity index is 2.46. The molecule has 0 aromatic carbocycles. The Morgan fingerprint density at radius 3 is 3.00 bits per heavy atom. The van der Waals surface area contributed by atoms with E-state index in [1.807, 2.05) is 7.05 Å². The molecule has 0 bridgehead atoms. The summed E-state index contributed by atoms with van der Waals surface area (Å²) in [6.07, 6.45) is 0.726. The highest BCUT2D eigenvalue weighted by atomic mass is 16.4. The van der Waals surface area contributed by atoms with Gasteiger partial charge in [-0.3, -0.25) is 0 Å². The number of nitrogen functional groups attached to an aromatic ring is 1. The summed E-state index contributed by atoms with van der Waals surface area (Å²) in [4.78, 5) is 12.8. The predicted molar refractivity (Wildman–Crippen MR) is 50.1 cm³/mol. The first kappa shape index (κ1) is 9.08. The maximum Gasteiger partial charge on any atom is 0.374 e. The second-order valence-corrected chi connectivity index (χ2v) is 3.54. The Hall–Kier alpha value is -1.49. The van der Waals surface area contributed by atoms with Crippen LogP contribution in [-0.4, -0.2) is 29.6 Å². The molecule has 1 aromatic rings. The van der Waals surface area contributed by atoms with Crippen LogP contribution in [-0.2, 0) is 13.0 Å². The average molecular weight is 196 g/mol. The molecule has 1 aromatic heterocycles. The lowest BCUT2D eigenvalue weighted by Gasteiger charge is -2.21. The van der Waals surface area contributed by atoms with Crippen molar-refractivity contribution in [3.8, 4) is 0 Å². The molecule has 0 radical (unpaired) electrons. The van der Waals surface area contributed by atoms with Gasteiger partial charge in [0.05, 0.1) is 5.69 Å². The van der Waals surface area contributed by atoms with E-state index in [-0.39, 0.29) is 11.4 Å². The van der Waals surface area contributed by atoms with E-state index in [2.05, 4.69) is 4.90 Å². The molecular formula is C9H12N2O3. The number of anilines is 1. The van der Waals surface area contributed by atoms with E-state index >= 15 is 0 Å². The number of nitrogens with two attached hydrogens (primary N) is 1. The maximum atomic E-state index is 10.7. The number of nitrogens with zero attached hydrogens (tertiary/aromatic N) is 1. The van der Waals surface area contributed by atoms with Crippen LogP contribution in [0.4, 0.5) is 5.69 Å². The number of fused-ring (bicyclic) bond motifs is 1. The van der Waals surface area contributed by atoms with Crippen LogP contribution in [0.25, 0.3) is 0 Å². The van der Waals surface area contributed by atoms with E-state index < -0.39 is 5.97 Å². The summed E-state index contributed by atoms with van der Waals surface area (Å²) in [6.45, 7) is 1.54. The first-order chi connectivity index (χ1) is 6.59. The summed E-state index contributed by atoms with van der Waals surface area (Å²) in [5, 5.41) is 8.79. The molecule has 0 unspecified atom stereocenters. The summed E-state index contributed by atoms with van der Waals surface area (Å²) in [5.74, 6) is -0.497. The number of hydrogen-bond acceptors (Lipinski definition) is 4. The Morgan fingerprint density at radius 2 is 2.36 bits per heavy atom. The smallest absolute Gasteiger partial charge is 0.374 e. The molecule has 0 saturated heterocycles. The number of hydrogen-bond donors (Lipinski definition) is 2. The van der Waals surface area contributed by atoms with Crippen molar-refractivity contribution in [1.82, 2.24) is 4.90 Å². The number of carboxylic acid groups (broad SMARTS) is 1. The number of aromatic carboxylic acids is 1. The third kappa shape index (κ3) is 1.26. The monoisotopic (exact) mass is 196 g/mol. The van der Waals surface area contributed by atoms with Gasteiger partial charge < -0.3 is 20.2 Å². The van der Waals surface area contributed by atoms with Gasteiger partial charge >= 0.3 is 5.97 Å². The van der Waals surface area contributed by atoms with E-state index in [0.717, 1.165) is 24.3 Å². The molecule has 2 heterocycles. The van der Waals surface area contributed by atoms with Crippen molar-refractivity contribution in [2.24, 2.45) is 0 Å². The normalized spacial score (nSPS) is 16.6. The third-order valence-electron chi connectivity index (χ3n) is 2.47. The fourth-order valence-electron chi connectivity index (χ4n) is 1.70. The third-order valence-corrected chi connectivity index (χ3v) is 2.47. The molecule has 5 heteroatoms. The van der Waals surface area contributed by atoms with Crippen molar-refractivity contribution in [1.29, 1.82) is 0 Å². The Bertz CT molecular complexity index is 384. The summed E-state index contributed by atoms with van der Waals surface area (Å²) in [6, 6.07) is 0. The van der Waals surface area contributed by atoms with Crippen LogP contribution >= 0.6 is 0 Å². The van der Waals surface area contributed by atoms with E-state index in [1.54, 1.807) is 0 Å². The number of carboxylic acids is 1. The standard InChI is InChI=1S/C9H12N2O3/c1-11-3-2-6-5(4-11)7(10)8(14-6)9(12)13/h2-4,10H2,1H3,(H,12,13). The lowest BCUT2D eigenvalue weighted by molar-refractivity contribution is 0.0661. The van der Waals surface area contributed by atoms with Gasteiger partial charge in [0.2, 0.25) is 5.76 Å². The fourth-order valence-corrected chi connectivity index (χ4v) is 1.70. The van der Waals surface area contributed by atoms with E-state index in [0.29, 0.717) is 6.54 Å².